The molecule has 34 heavy (non-hydrogen) atoms. The second kappa shape index (κ2) is 8.67. The second-order valence-electron chi connectivity index (χ2n) is 7.58. The standard InChI is InChI=1S/C26H19N3O5/c1-33-21-7-3-2-6-19(21)23-22(24(30)17-5-4-13-27-15-17)25(31)26(32)29(23)18-10-8-16(9-11-18)20-12-14-34-28-20/h2-15,23,30H,1H3/b24-22-. The third-order valence-electron chi connectivity index (χ3n) is 5.69. The minimum atomic E-state index is -0.908. The van der Waals surface area contributed by atoms with Crippen molar-refractivity contribution in [3.05, 3.63) is 102 Å². The van der Waals surface area contributed by atoms with Crippen LogP contribution >= 0.6 is 0 Å². The third kappa shape index (κ3) is 3.51. The lowest BCUT2D eigenvalue weighted by Crippen LogP contribution is -2.29. The average Bonchev–Trinajstić information content (AvgIpc) is 3.51. The molecule has 1 atom stereocenters. The van der Waals surface area contributed by atoms with Gasteiger partial charge in [-0.15, -0.1) is 0 Å². The number of ether oxygens (including phenoxy) is 1. The van der Waals surface area contributed by atoms with Gasteiger partial charge in [0.2, 0.25) is 0 Å². The lowest BCUT2D eigenvalue weighted by molar-refractivity contribution is -0.132. The molecule has 5 rings (SSSR count). The predicted octanol–water partition coefficient (Wildman–Crippen LogP) is 4.37. The number of benzene rings is 2. The van der Waals surface area contributed by atoms with E-state index in [0.717, 1.165) is 5.56 Å². The first-order valence-electron chi connectivity index (χ1n) is 10.5. The molecule has 8 nitrogen and oxygen atoms in total. The molecule has 2 aromatic heterocycles. The quantitative estimate of drug-likeness (QED) is 0.272. The van der Waals surface area contributed by atoms with Crippen molar-refractivity contribution in [2.24, 2.45) is 0 Å². The molecule has 1 N–H and O–H groups in total. The number of anilines is 1. The van der Waals surface area contributed by atoms with Gasteiger partial charge in [-0.25, -0.2) is 0 Å². The molecule has 1 fully saturated rings. The summed E-state index contributed by atoms with van der Waals surface area (Å²) in [5.41, 5.74) is 2.78. The van der Waals surface area contributed by atoms with Crippen molar-refractivity contribution in [3.8, 4) is 17.0 Å². The number of hydrogen-bond donors (Lipinski definition) is 1. The zero-order valence-corrected chi connectivity index (χ0v) is 18.1. The number of aliphatic hydroxyl groups excluding tert-OH is 1. The number of amides is 1. The molecule has 3 heterocycles. The minimum absolute atomic E-state index is 0.0388. The first-order chi connectivity index (χ1) is 16.6. The predicted molar refractivity (Wildman–Crippen MR) is 124 cm³/mol. The van der Waals surface area contributed by atoms with Gasteiger partial charge in [0.1, 0.15) is 23.5 Å². The SMILES string of the molecule is COc1ccccc1C1/C(=C(/O)c2cccnc2)C(=O)C(=O)N1c1ccc(-c2ccon2)cc1. The van der Waals surface area contributed by atoms with Gasteiger partial charge in [-0.05, 0) is 30.3 Å². The first-order valence-corrected chi connectivity index (χ1v) is 10.5. The van der Waals surface area contributed by atoms with E-state index in [-0.39, 0.29) is 11.3 Å². The summed E-state index contributed by atoms with van der Waals surface area (Å²) in [7, 11) is 1.51. The van der Waals surface area contributed by atoms with Gasteiger partial charge in [0.05, 0.1) is 18.7 Å². The number of para-hydroxylation sites is 1. The van der Waals surface area contributed by atoms with Crippen LogP contribution in [0.3, 0.4) is 0 Å². The summed E-state index contributed by atoms with van der Waals surface area (Å²) in [4.78, 5) is 31.9. The Hall–Kier alpha value is -4.72. The highest BCUT2D eigenvalue weighted by molar-refractivity contribution is 6.51. The van der Waals surface area contributed by atoms with E-state index in [2.05, 4.69) is 10.1 Å². The Morgan fingerprint density at radius 1 is 1.03 bits per heavy atom. The van der Waals surface area contributed by atoms with Crippen LogP contribution in [0.1, 0.15) is 17.2 Å². The van der Waals surface area contributed by atoms with E-state index < -0.39 is 17.7 Å². The van der Waals surface area contributed by atoms with Crippen molar-refractivity contribution in [1.29, 1.82) is 0 Å². The smallest absolute Gasteiger partial charge is 0.300 e. The van der Waals surface area contributed by atoms with Gasteiger partial charge in [0, 0.05) is 40.8 Å². The van der Waals surface area contributed by atoms with Crippen LogP contribution in [-0.2, 0) is 9.59 Å². The Labute approximate surface area is 194 Å². The van der Waals surface area contributed by atoms with Crippen molar-refractivity contribution in [2.45, 2.75) is 6.04 Å². The maximum absolute atomic E-state index is 13.3. The average molecular weight is 453 g/mol. The van der Waals surface area contributed by atoms with Crippen LogP contribution in [0.4, 0.5) is 5.69 Å². The molecule has 0 spiro atoms. The molecular formula is C26H19N3O5. The van der Waals surface area contributed by atoms with Crippen LogP contribution in [0.15, 0.2) is 95.5 Å². The van der Waals surface area contributed by atoms with Crippen molar-refractivity contribution in [2.75, 3.05) is 12.0 Å². The number of aliphatic hydroxyl groups is 1. The molecule has 2 aromatic carbocycles. The molecule has 1 unspecified atom stereocenters. The molecule has 0 radical (unpaired) electrons. The number of Topliss-reactive ketones (excluding diaryl/α,β-unsaturated/α-hetero) is 1. The highest BCUT2D eigenvalue weighted by Crippen LogP contribution is 2.45. The molecule has 0 bridgehead atoms. The van der Waals surface area contributed by atoms with Crippen molar-refractivity contribution >= 4 is 23.1 Å². The number of rotatable bonds is 5. The third-order valence-corrected chi connectivity index (χ3v) is 5.69. The van der Waals surface area contributed by atoms with Crippen LogP contribution in [0, 0.1) is 0 Å². The van der Waals surface area contributed by atoms with E-state index in [9.17, 15) is 14.7 Å². The van der Waals surface area contributed by atoms with Crippen LogP contribution in [0.25, 0.3) is 17.0 Å². The normalized spacial score (nSPS) is 17.2. The maximum Gasteiger partial charge on any atom is 0.300 e. The van der Waals surface area contributed by atoms with E-state index in [1.54, 1.807) is 72.9 Å². The number of nitrogens with zero attached hydrogens (tertiary/aromatic N) is 3. The topological polar surface area (TPSA) is 106 Å². The fraction of sp³-hybridized carbons (Fsp3) is 0.0769. The van der Waals surface area contributed by atoms with Crippen LogP contribution < -0.4 is 9.64 Å². The van der Waals surface area contributed by atoms with E-state index in [4.69, 9.17) is 9.26 Å². The molecule has 4 aromatic rings. The molecular weight excluding hydrogens is 434 g/mol. The van der Waals surface area contributed by atoms with Gasteiger partial charge in [0.15, 0.2) is 0 Å². The molecule has 1 aliphatic rings. The zero-order valence-electron chi connectivity index (χ0n) is 18.1. The molecule has 168 valence electrons. The molecule has 8 heteroatoms. The van der Waals surface area contributed by atoms with Crippen LogP contribution in [0.2, 0.25) is 0 Å². The highest BCUT2D eigenvalue weighted by Gasteiger charge is 2.47. The van der Waals surface area contributed by atoms with E-state index in [1.165, 1.54) is 24.5 Å². The lowest BCUT2D eigenvalue weighted by Gasteiger charge is -2.26. The van der Waals surface area contributed by atoms with E-state index in [1.807, 2.05) is 0 Å². The van der Waals surface area contributed by atoms with Gasteiger partial charge in [0.25, 0.3) is 11.7 Å². The largest absolute Gasteiger partial charge is 0.507 e. The Balaban J connectivity index is 1.69. The van der Waals surface area contributed by atoms with Gasteiger partial charge in [-0.2, -0.15) is 0 Å². The second-order valence-corrected chi connectivity index (χ2v) is 7.58. The van der Waals surface area contributed by atoms with Crippen molar-refractivity contribution < 1.29 is 24.0 Å². The number of ketones is 1. The van der Waals surface area contributed by atoms with Gasteiger partial charge in [-0.1, -0.05) is 35.5 Å². The fourth-order valence-electron chi connectivity index (χ4n) is 4.10. The minimum Gasteiger partial charge on any atom is -0.507 e. The van der Waals surface area contributed by atoms with Crippen molar-refractivity contribution in [1.82, 2.24) is 10.1 Å². The highest BCUT2D eigenvalue weighted by atomic mass is 16.5. The van der Waals surface area contributed by atoms with Gasteiger partial charge >= 0.3 is 0 Å². The monoisotopic (exact) mass is 453 g/mol. The summed E-state index contributed by atoms with van der Waals surface area (Å²) in [5, 5.41) is 15.0. The van der Waals surface area contributed by atoms with Gasteiger partial charge < -0.3 is 14.4 Å². The van der Waals surface area contributed by atoms with E-state index >= 15 is 0 Å². The number of carbonyl (C=O) groups excluding carboxylic acids is 2. The summed E-state index contributed by atoms with van der Waals surface area (Å²) in [6.45, 7) is 0. The summed E-state index contributed by atoms with van der Waals surface area (Å²) < 4.78 is 10.4. The number of aromatic nitrogens is 2. The first kappa shape index (κ1) is 21.1. The Bertz CT molecular complexity index is 1380. The van der Waals surface area contributed by atoms with Gasteiger partial charge in [-0.3, -0.25) is 19.5 Å². The molecule has 0 saturated carbocycles. The summed E-state index contributed by atoms with van der Waals surface area (Å²) in [6, 6.07) is 18.2. The summed E-state index contributed by atoms with van der Waals surface area (Å²) in [5.74, 6) is -1.37. The molecule has 1 saturated heterocycles. The number of pyridine rings is 1. The number of hydrogen-bond acceptors (Lipinski definition) is 7. The fourth-order valence-corrected chi connectivity index (χ4v) is 4.10. The lowest BCUT2D eigenvalue weighted by atomic mass is 9.94. The Morgan fingerprint density at radius 2 is 1.82 bits per heavy atom. The summed E-state index contributed by atoms with van der Waals surface area (Å²) >= 11 is 0. The Morgan fingerprint density at radius 3 is 2.50 bits per heavy atom. The zero-order chi connectivity index (χ0) is 23.7. The molecule has 1 aliphatic heterocycles. The molecule has 1 amide bonds. The van der Waals surface area contributed by atoms with E-state index in [0.29, 0.717) is 28.3 Å². The summed E-state index contributed by atoms with van der Waals surface area (Å²) in [6.07, 6.45) is 4.47. The molecule has 0 aliphatic carbocycles. The van der Waals surface area contributed by atoms with Crippen LogP contribution in [-0.4, -0.2) is 34.0 Å². The maximum atomic E-state index is 13.3. The number of carbonyl (C=O) groups is 2. The Kier molecular flexibility index (Phi) is 5.39. The van der Waals surface area contributed by atoms with Crippen molar-refractivity contribution in [3.63, 3.8) is 0 Å². The number of methoxy groups -OCH3 is 1. The van der Waals surface area contributed by atoms with Crippen LogP contribution in [0.5, 0.6) is 5.75 Å².